The molecule has 0 spiro atoms. The van der Waals surface area contributed by atoms with E-state index in [0.717, 1.165) is 16.7 Å². The number of oxazole rings is 1. The molecule has 4 heteroatoms. The first kappa shape index (κ1) is 13.6. The fourth-order valence-electron chi connectivity index (χ4n) is 2.52. The Labute approximate surface area is 122 Å². The van der Waals surface area contributed by atoms with Gasteiger partial charge in [-0.1, -0.05) is 29.8 Å². The van der Waals surface area contributed by atoms with E-state index in [-0.39, 0.29) is 0 Å². The van der Waals surface area contributed by atoms with Crippen LogP contribution in [0.1, 0.15) is 28.4 Å². The number of H-pyrrole nitrogens is 1. The van der Waals surface area contributed by atoms with Gasteiger partial charge < -0.3 is 9.52 Å². The Balaban J connectivity index is 1.90. The Morgan fingerprint density at radius 3 is 2.81 bits per heavy atom. The third kappa shape index (κ3) is 2.76. The van der Waals surface area contributed by atoms with Crippen molar-refractivity contribution >= 4 is 11.1 Å². The molecular formula is C17H17NO3. The van der Waals surface area contributed by atoms with Crippen molar-refractivity contribution in [2.24, 2.45) is 0 Å². The van der Waals surface area contributed by atoms with Crippen LogP contribution in [0.5, 0.6) is 0 Å². The summed E-state index contributed by atoms with van der Waals surface area (Å²) in [4.78, 5) is 13.7. The molecular weight excluding hydrogens is 266 g/mol. The van der Waals surface area contributed by atoms with Gasteiger partial charge in [-0.25, -0.2) is 4.79 Å². The quantitative estimate of drug-likeness (QED) is 0.776. The van der Waals surface area contributed by atoms with Crippen LogP contribution in [0.3, 0.4) is 0 Å². The number of fused-ring (bicyclic) bond motifs is 1. The Kier molecular flexibility index (Phi) is 3.39. The molecule has 1 atom stereocenters. The molecule has 0 aliphatic rings. The van der Waals surface area contributed by atoms with Crippen molar-refractivity contribution in [2.75, 3.05) is 0 Å². The second-order valence-electron chi connectivity index (χ2n) is 5.42. The predicted molar refractivity (Wildman–Crippen MR) is 81.4 cm³/mol. The van der Waals surface area contributed by atoms with Gasteiger partial charge in [0.15, 0.2) is 5.58 Å². The summed E-state index contributed by atoms with van der Waals surface area (Å²) in [6.45, 7) is 4.08. The molecule has 0 amide bonds. The maximum atomic E-state index is 11.2. The summed E-state index contributed by atoms with van der Waals surface area (Å²) in [5.74, 6) is -0.480. The molecule has 21 heavy (non-hydrogen) atoms. The largest absolute Gasteiger partial charge is 0.417 e. The van der Waals surface area contributed by atoms with E-state index in [4.69, 9.17) is 4.42 Å². The van der Waals surface area contributed by atoms with Gasteiger partial charge in [0.05, 0.1) is 11.6 Å². The average molecular weight is 283 g/mol. The highest BCUT2D eigenvalue weighted by Crippen LogP contribution is 2.23. The van der Waals surface area contributed by atoms with Crippen molar-refractivity contribution in [3.05, 3.63) is 69.2 Å². The molecule has 4 nitrogen and oxygen atoms in total. The minimum atomic E-state index is -0.630. The van der Waals surface area contributed by atoms with Crippen molar-refractivity contribution in [1.82, 2.24) is 4.98 Å². The Bertz CT molecular complexity index is 845. The van der Waals surface area contributed by atoms with Crippen molar-refractivity contribution in [3.63, 3.8) is 0 Å². The van der Waals surface area contributed by atoms with Crippen LogP contribution >= 0.6 is 0 Å². The molecule has 2 N–H and O–H groups in total. The Morgan fingerprint density at radius 2 is 2.00 bits per heavy atom. The third-order valence-electron chi connectivity index (χ3n) is 3.75. The van der Waals surface area contributed by atoms with Gasteiger partial charge in [-0.15, -0.1) is 0 Å². The molecule has 0 aliphatic heterocycles. The van der Waals surface area contributed by atoms with Gasteiger partial charge in [0.1, 0.15) is 0 Å². The zero-order valence-electron chi connectivity index (χ0n) is 12.0. The van der Waals surface area contributed by atoms with Crippen molar-refractivity contribution in [2.45, 2.75) is 26.4 Å². The number of hydrogen-bond acceptors (Lipinski definition) is 3. The summed E-state index contributed by atoms with van der Waals surface area (Å²) in [6.07, 6.45) is -0.0941. The minimum absolute atomic E-state index is 0.470. The van der Waals surface area contributed by atoms with Crippen LogP contribution in [0.4, 0.5) is 0 Å². The summed E-state index contributed by atoms with van der Waals surface area (Å²) in [5.41, 5.74) is 5.31. The zero-order valence-corrected chi connectivity index (χ0v) is 12.0. The maximum Gasteiger partial charge on any atom is 0.417 e. The lowest BCUT2D eigenvalue weighted by atomic mass is 9.96. The Morgan fingerprint density at radius 1 is 1.19 bits per heavy atom. The molecule has 0 fully saturated rings. The van der Waals surface area contributed by atoms with Crippen LogP contribution in [-0.4, -0.2) is 10.1 Å². The number of hydrogen-bond donors (Lipinski definition) is 2. The van der Waals surface area contributed by atoms with E-state index in [0.29, 0.717) is 17.5 Å². The molecule has 108 valence electrons. The smallest absolute Gasteiger partial charge is 0.408 e. The van der Waals surface area contributed by atoms with Gasteiger partial charge in [0, 0.05) is 6.42 Å². The van der Waals surface area contributed by atoms with E-state index in [1.165, 1.54) is 5.56 Å². The molecule has 1 aromatic heterocycles. The zero-order chi connectivity index (χ0) is 15.0. The summed E-state index contributed by atoms with van der Waals surface area (Å²) < 4.78 is 5.03. The number of aliphatic hydroxyl groups is 1. The number of aromatic amines is 1. The van der Waals surface area contributed by atoms with Crippen LogP contribution in [-0.2, 0) is 6.42 Å². The first-order chi connectivity index (χ1) is 10.0. The van der Waals surface area contributed by atoms with Crippen LogP contribution in [0.15, 0.2) is 45.6 Å². The summed E-state index contributed by atoms with van der Waals surface area (Å²) in [5, 5.41) is 10.4. The van der Waals surface area contributed by atoms with E-state index >= 15 is 0 Å². The molecule has 3 aromatic rings. The molecule has 1 heterocycles. The number of aryl methyl sites for hydroxylation is 2. The van der Waals surface area contributed by atoms with E-state index in [2.05, 4.69) is 23.2 Å². The van der Waals surface area contributed by atoms with Gasteiger partial charge in [-0.2, -0.15) is 0 Å². The van der Waals surface area contributed by atoms with Crippen LogP contribution in [0.25, 0.3) is 11.1 Å². The van der Waals surface area contributed by atoms with Gasteiger partial charge >= 0.3 is 5.76 Å². The number of aliphatic hydroxyl groups excluding tert-OH is 1. The first-order valence-electron chi connectivity index (χ1n) is 6.90. The standard InChI is InChI=1S/C17H17NO3/c1-10-3-4-11(2)13(7-10)8-15(19)12-5-6-14-16(9-12)21-17(20)18-14/h3-7,9,15,19H,8H2,1-2H3,(H,18,20). The monoisotopic (exact) mass is 283 g/mol. The number of benzene rings is 2. The van der Waals surface area contributed by atoms with Crippen LogP contribution < -0.4 is 5.76 Å². The minimum Gasteiger partial charge on any atom is -0.408 e. The van der Waals surface area contributed by atoms with E-state index in [1.807, 2.05) is 19.9 Å². The second-order valence-corrected chi connectivity index (χ2v) is 5.42. The molecule has 0 aliphatic carbocycles. The lowest BCUT2D eigenvalue weighted by Crippen LogP contribution is -2.03. The van der Waals surface area contributed by atoms with Crippen molar-refractivity contribution in [3.8, 4) is 0 Å². The highest BCUT2D eigenvalue weighted by atomic mass is 16.4. The maximum absolute atomic E-state index is 11.2. The normalized spacial score (nSPS) is 12.7. The highest BCUT2D eigenvalue weighted by molar-refractivity contribution is 5.72. The molecule has 3 rings (SSSR count). The molecule has 0 saturated carbocycles. The topological polar surface area (TPSA) is 66.2 Å². The average Bonchev–Trinajstić information content (AvgIpc) is 2.81. The second kappa shape index (κ2) is 5.22. The lowest BCUT2D eigenvalue weighted by Gasteiger charge is -2.13. The molecule has 0 saturated heterocycles. The Hall–Kier alpha value is -2.33. The third-order valence-corrected chi connectivity index (χ3v) is 3.75. The summed E-state index contributed by atoms with van der Waals surface area (Å²) in [7, 11) is 0. The van der Waals surface area contributed by atoms with Crippen LogP contribution in [0.2, 0.25) is 0 Å². The van der Waals surface area contributed by atoms with Gasteiger partial charge in [0.2, 0.25) is 0 Å². The lowest BCUT2D eigenvalue weighted by molar-refractivity contribution is 0.178. The van der Waals surface area contributed by atoms with Gasteiger partial charge in [-0.05, 0) is 42.7 Å². The number of rotatable bonds is 3. The fraction of sp³-hybridized carbons (Fsp3) is 0.235. The molecule has 1 unspecified atom stereocenters. The number of nitrogens with one attached hydrogen (secondary N) is 1. The van der Waals surface area contributed by atoms with Crippen molar-refractivity contribution in [1.29, 1.82) is 0 Å². The van der Waals surface area contributed by atoms with E-state index < -0.39 is 11.9 Å². The van der Waals surface area contributed by atoms with Gasteiger partial charge in [0.25, 0.3) is 0 Å². The summed E-state index contributed by atoms with van der Waals surface area (Å²) in [6, 6.07) is 11.5. The molecule has 0 bridgehead atoms. The highest BCUT2D eigenvalue weighted by Gasteiger charge is 2.12. The number of aromatic nitrogens is 1. The molecule has 0 radical (unpaired) electrons. The molecule has 2 aromatic carbocycles. The SMILES string of the molecule is Cc1ccc(C)c(CC(O)c2ccc3[nH]c(=O)oc3c2)c1. The van der Waals surface area contributed by atoms with Crippen LogP contribution in [0, 0.1) is 13.8 Å². The fourth-order valence-corrected chi connectivity index (χ4v) is 2.52. The first-order valence-corrected chi connectivity index (χ1v) is 6.90. The van der Waals surface area contributed by atoms with E-state index in [1.54, 1.807) is 12.1 Å². The van der Waals surface area contributed by atoms with E-state index in [9.17, 15) is 9.90 Å². The predicted octanol–water partition coefficient (Wildman–Crippen LogP) is 3.01. The summed E-state index contributed by atoms with van der Waals surface area (Å²) >= 11 is 0. The van der Waals surface area contributed by atoms with Crippen molar-refractivity contribution < 1.29 is 9.52 Å². The van der Waals surface area contributed by atoms with Gasteiger partial charge in [-0.3, -0.25) is 4.98 Å².